The lowest BCUT2D eigenvalue weighted by molar-refractivity contribution is -0.129. The lowest BCUT2D eigenvalue weighted by Crippen LogP contribution is -2.43. The van der Waals surface area contributed by atoms with E-state index in [-0.39, 0.29) is 11.4 Å². The molecule has 2 heterocycles. The van der Waals surface area contributed by atoms with Crippen LogP contribution in [0.2, 0.25) is 5.02 Å². The van der Waals surface area contributed by atoms with E-state index in [1.54, 1.807) is 0 Å². The summed E-state index contributed by atoms with van der Waals surface area (Å²) in [5, 5.41) is 11.0. The van der Waals surface area contributed by atoms with Gasteiger partial charge in [0.15, 0.2) is 5.76 Å². The predicted molar refractivity (Wildman–Crippen MR) is 116 cm³/mol. The van der Waals surface area contributed by atoms with E-state index in [9.17, 15) is 22.7 Å². The number of carbonyl (C=O) groups excluding carboxylic acids is 1. The van der Waals surface area contributed by atoms with Crippen LogP contribution in [0.5, 0.6) is 0 Å². The molecule has 0 radical (unpaired) electrons. The zero-order valence-corrected chi connectivity index (χ0v) is 18.7. The van der Waals surface area contributed by atoms with E-state index in [0.717, 1.165) is 0 Å². The normalized spacial score (nSPS) is 20.2. The fraction of sp³-hybridized carbons (Fsp3) is 0.318. The highest BCUT2D eigenvalue weighted by Gasteiger charge is 2.46. The topological polar surface area (TPSA) is 87.1 Å². The number of benzene rings is 2. The highest BCUT2D eigenvalue weighted by atomic mass is 35.5. The summed E-state index contributed by atoms with van der Waals surface area (Å²) in [4.78, 5) is 15.9. The minimum Gasteiger partial charge on any atom is -0.502 e. The number of hydrogen-bond acceptors (Lipinski definition) is 6. The zero-order valence-electron chi connectivity index (χ0n) is 17.1. The molecule has 1 atom stereocenters. The number of aliphatic hydroxyl groups excluding tert-OH is 1. The number of morpholine rings is 1. The third-order valence-corrected chi connectivity index (χ3v) is 7.76. The molecule has 1 amide bonds. The number of sulfone groups is 1. The molecule has 0 aromatic heterocycles. The number of halogens is 2. The van der Waals surface area contributed by atoms with Gasteiger partial charge in [-0.05, 0) is 42.0 Å². The van der Waals surface area contributed by atoms with Crippen molar-refractivity contribution in [2.24, 2.45) is 0 Å². The molecular weight excluding hydrogens is 459 g/mol. The SMILES string of the molecule is O=C1C(O)=C(S(=O)(=O)c2ccc(Cl)cc2)[C@H](c2ccc(F)cc2)N1CCN1CCOCC1. The Morgan fingerprint density at radius 2 is 1.66 bits per heavy atom. The summed E-state index contributed by atoms with van der Waals surface area (Å²) in [7, 11) is -4.24. The quantitative estimate of drug-likeness (QED) is 0.684. The van der Waals surface area contributed by atoms with Gasteiger partial charge in [0.2, 0.25) is 9.84 Å². The van der Waals surface area contributed by atoms with Crippen molar-refractivity contribution >= 4 is 27.3 Å². The molecule has 1 N–H and O–H groups in total. The molecule has 0 saturated carbocycles. The van der Waals surface area contributed by atoms with Crippen molar-refractivity contribution in [1.82, 2.24) is 9.80 Å². The Morgan fingerprint density at radius 1 is 1.03 bits per heavy atom. The standard InChI is InChI=1S/C22H22ClFN2O5S/c23-16-3-7-18(8-4-16)32(29,30)21-19(15-1-5-17(24)6-2-15)26(22(28)20(21)27)10-9-25-11-13-31-14-12-25/h1-8,19,27H,9-14H2/t19-/m0/s1. The molecule has 1 saturated heterocycles. The Bertz CT molecular complexity index is 1130. The molecule has 2 aliphatic heterocycles. The molecule has 7 nitrogen and oxygen atoms in total. The summed E-state index contributed by atoms with van der Waals surface area (Å²) in [6.45, 7) is 3.21. The maximum absolute atomic E-state index is 13.6. The van der Waals surface area contributed by atoms with Crippen molar-refractivity contribution in [3.8, 4) is 0 Å². The van der Waals surface area contributed by atoms with Gasteiger partial charge in [-0.2, -0.15) is 0 Å². The van der Waals surface area contributed by atoms with Crippen LogP contribution >= 0.6 is 11.6 Å². The van der Waals surface area contributed by atoms with Gasteiger partial charge in [-0.1, -0.05) is 23.7 Å². The smallest absolute Gasteiger partial charge is 0.290 e. The van der Waals surface area contributed by atoms with Gasteiger partial charge in [-0.3, -0.25) is 9.69 Å². The van der Waals surface area contributed by atoms with E-state index >= 15 is 0 Å². The number of rotatable bonds is 6. The van der Waals surface area contributed by atoms with Crippen LogP contribution in [0.3, 0.4) is 0 Å². The van der Waals surface area contributed by atoms with Gasteiger partial charge in [0.1, 0.15) is 10.7 Å². The number of aliphatic hydroxyl groups is 1. The average Bonchev–Trinajstić information content (AvgIpc) is 3.04. The Labute approximate surface area is 190 Å². The number of amides is 1. The van der Waals surface area contributed by atoms with E-state index in [1.807, 2.05) is 0 Å². The number of ether oxygens (including phenoxy) is 1. The van der Waals surface area contributed by atoms with E-state index in [2.05, 4.69) is 4.90 Å². The summed E-state index contributed by atoms with van der Waals surface area (Å²) in [5.41, 5.74) is 0.387. The van der Waals surface area contributed by atoms with Crippen LogP contribution in [0.15, 0.2) is 64.1 Å². The first kappa shape index (κ1) is 22.7. The van der Waals surface area contributed by atoms with Crippen molar-refractivity contribution in [1.29, 1.82) is 0 Å². The molecule has 0 unspecified atom stereocenters. The van der Waals surface area contributed by atoms with Crippen LogP contribution < -0.4 is 0 Å². The molecular formula is C22H22ClFN2O5S. The molecule has 2 aliphatic rings. The van der Waals surface area contributed by atoms with Crippen LogP contribution in [-0.2, 0) is 19.4 Å². The second-order valence-electron chi connectivity index (χ2n) is 7.58. The maximum Gasteiger partial charge on any atom is 0.290 e. The number of carbonyl (C=O) groups is 1. The first-order valence-corrected chi connectivity index (χ1v) is 12.0. The summed E-state index contributed by atoms with van der Waals surface area (Å²) in [5.74, 6) is -2.09. The second kappa shape index (κ2) is 9.19. The van der Waals surface area contributed by atoms with Gasteiger partial charge < -0.3 is 14.7 Å². The van der Waals surface area contributed by atoms with Crippen molar-refractivity contribution in [3.05, 3.63) is 75.6 Å². The molecule has 2 aromatic rings. The first-order chi connectivity index (χ1) is 15.3. The zero-order chi connectivity index (χ0) is 22.9. The third kappa shape index (κ3) is 4.38. The molecule has 0 bridgehead atoms. The van der Waals surface area contributed by atoms with E-state index < -0.39 is 38.3 Å². The Hall–Kier alpha value is -2.46. The minimum atomic E-state index is -4.24. The van der Waals surface area contributed by atoms with Crippen LogP contribution in [0.4, 0.5) is 4.39 Å². The molecule has 2 aromatic carbocycles. The van der Waals surface area contributed by atoms with Gasteiger partial charge in [-0.25, -0.2) is 12.8 Å². The molecule has 32 heavy (non-hydrogen) atoms. The van der Waals surface area contributed by atoms with Gasteiger partial charge in [-0.15, -0.1) is 0 Å². The third-order valence-electron chi connectivity index (χ3n) is 5.62. The predicted octanol–water partition coefficient (Wildman–Crippen LogP) is 2.94. The summed E-state index contributed by atoms with van der Waals surface area (Å²) in [6, 6.07) is 9.64. The van der Waals surface area contributed by atoms with Crippen LogP contribution in [0, 0.1) is 5.82 Å². The molecule has 4 rings (SSSR count). The van der Waals surface area contributed by atoms with E-state index in [0.29, 0.717) is 43.4 Å². The molecule has 1 fully saturated rings. The Balaban J connectivity index is 1.73. The molecule has 0 aliphatic carbocycles. The van der Waals surface area contributed by atoms with Crippen molar-refractivity contribution in [3.63, 3.8) is 0 Å². The highest BCUT2D eigenvalue weighted by molar-refractivity contribution is 7.95. The largest absolute Gasteiger partial charge is 0.502 e. The van der Waals surface area contributed by atoms with E-state index in [4.69, 9.17) is 16.3 Å². The highest BCUT2D eigenvalue weighted by Crippen LogP contribution is 2.42. The average molecular weight is 481 g/mol. The van der Waals surface area contributed by atoms with Gasteiger partial charge >= 0.3 is 0 Å². The monoisotopic (exact) mass is 480 g/mol. The lowest BCUT2D eigenvalue weighted by atomic mass is 10.1. The van der Waals surface area contributed by atoms with Crippen LogP contribution in [-0.4, -0.2) is 68.6 Å². The van der Waals surface area contributed by atoms with Gasteiger partial charge in [0.05, 0.1) is 24.2 Å². The molecule has 0 spiro atoms. The van der Waals surface area contributed by atoms with Crippen molar-refractivity contribution in [2.45, 2.75) is 10.9 Å². The summed E-state index contributed by atoms with van der Waals surface area (Å²) < 4.78 is 45.8. The van der Waals surface area contributed by atoms with Gasteiger partial charge in [0, 0.05) is 31.2 Å². The lowest BCUT2D eigenvalue weighted by Gasteiger charge is -2.31. The van der Waals surface area contributed by atoms with Crippen LogP contribution in [0.1, 0.15) is 11.6 Å². The number of hydrogen-bond donors (Lipinski definition) is 1. The minimum absolute atomic E-state index is 0.0987. The molecule has 170 valence electrons. The van der Waals surface area contributed by atoms with Crippen molar-refractivity contribution < 1.29 is 27.4 Å². The first-order valence-electron chi connectivity index (χ1n) is 10.1. The van der Waals surface area contributed by atoms with Crippen LogP contribution in [0.25, 0.3) is 0 Å². The fourth-order valence-electron chi connectivity index (χ4n) is 3.93. The van der Waals surface area contributed by atoms with E-state index in [1.165, 1.54) is 53.4 Å². The van der Waals surface area contributed by atoms with Crippen molar-refractivity contribution in [2.75, 3.05) is 39.4 Å². The fourth-order valence-corrected chi connectivity index (χ4v) is 5.70. The summed E-state index contributed by atoms with van der Waals surface area (Å²) in [6.07, 6.45) is 0. The Morgan fingerprint density at radius 3 is 2.28 bits per heavy atom. The second-order valence-corrected chi connectivity index (χ2v) is 9.93. The van der Waals surface area contributed by atoms with Gasteiger partial charge in [0.25, 0.3) is 5.91 Å². The maximum atomic E-state index is 13.6. The Kier molecular flexibility index (Phi) is 6.52. The number of nitrogens with zero attached hydrogens (tertiary/aromatic N) is 2. The summed E-state index contributed by atoms with van der Waals surface area (Å²) >= 11 is 5.88. The molecule has 10 heteroatoms.